The van der Waals surface area contributed by atoms with E-state index in [2.05, 4.69) is 15.6 Å². The molecule has 1 aliphatic heterocycles. The minimum atomic E-state index is -1.56. The van der Waals surface area contributed by atoms with Crippen LogP contribution in [0.25, 0.3) is 0 Å². The fourth-order valence-electron chi connectivity index (χ4n) is 4.70. The van der Waals surface area contributed by atoms with E-state index in [9.17, 15) is 19.5 Å². The molecule has 3 aromatic rings. The maximum absolute atomic E-state index is 13.7. The molecule has 0 radical (unpaired) electrons. The lowest BCUT2D eigenvalue weighted by Gasteiger charge is -2.33. The topological polar surface area (TPSA) is 112 Å². The number of aryl methyl sites for hydroxylation is 1. The van der Waals surface area contributed by atoms with E-state index in [4.69, 9.17) is 0 Å². The Hall–Kier alpha value is -3.69. The number of nitrogens with one attached hydrogen (secondary N) is 2. The summed E-state index contributed by atoms with van der Waals surface area (Å²) in [6.45, 7) is 6.16. The Labute approximate surface area is 233 Å². The molecule has 0 bridgehead atoms. The summed E-state index contributed by atoms with van der Waals surface area (Å²) in [7, 11) is 0. The Morgan fingerprint density at radius 3 is 2.49 bits per heavy atom. The molecule has 1 unspecified atom stereocenters. The number of carbonyl (C=O) groups is 3. The Morgan fingerprint density at radius 2 is 1.79 bits per heavy atom. The minimum absolute atomic E-state index is 0.230. The Bertz CT molecular complexity index is 1300. The van der Waals surface area contributed by atoms with Crippen molar-refractivity contribution in [2.75, 3.05) is 5.88 Å². The monoisotopic (exact) mass is 546 g/mol. The number of amides is 3. The predicted molar refractivity (Wildman–Crippen MR) is 152 cm³/mol. The second kappa shape index (κ2) is 12.4. The predicted octanol–water partition coefficient (Wildman–Crippen LogP) is 3.09. The first kappa shape index (κ1) is 28.3. The third-order valence-corrected chi connectivity index (χ3v) is 8.34. The highest BCUT2D eigenvalue weighted by atomic mass is 32.2. The van der Waals surface area contributed by atoms with E-state index in [1.165, 1.54) is 22.9 Å². The van der Waals surface area contributed by atoms with E-state index >= 15 is 0 Å². The molecule has 3 N–H and O–H groups in total. The van der Waals surface area contributed by atoms with Crippen molar-refractivity contribution in [1.29, 1.82) is 0 Å². The lowest BCUT2D eigenvalue weighted by Crippen LogP contribution is -2.58. The normalized spacial score (nSPS) is 17.7. The van der Waals surface area contributed by atoms with Crippen molar-refractivity contribution in [3.8, 4) is 0 Å². The van der Waals surface area contributed by atoms with Crippen molar-refractivity contribution in [2.24, 2.45) is 0 Å². The number of aromatic nitrogens is 1. The van der Waals surface area contributed by atoms with Gasteiger partial charge in [0.2, 0.25) is 5.91 Å². The fourth-order valence-corrected chi connectivity index (χ4v) is 5.84. The smallest absolute Gasteiger partial charge is 0.254 e. The maximum atomic E-state index is 13.7. The summed E-state index contributed by atoms with van der Waals surface area (Å²) in [4.78, 5) is 45.5. The van der Waals surface area contributed by atoms with Gasteiger partial charge < -0.3 is 20.6 Å². The molecule has 4 rings (SSSR count). The summed E-state index contributed by atoms with van der Waals surface area (Å²) >= 11 is 1.48. The summed E-state index contributed by atoms with van der Waals surface area (Å²) in [6, 6.07) is 18.7. The quantitative estimate of drug-likeness (QED) is 0.380. The molecule has 1 aromatic heterocycles. The third kappa shape index (κ3) is 6.85. The van der Waals surface area contributed by atoms with Gasteiger partial charge in [0.25, 0.3) is 11.8 Å². The van der Waals surface area contributed by atoms with Crippen molar-refractivity contribution < 1.29 is 19.5 Å². The highest BCUT2D eigenvalue weighted by Gasteiger charge is 2.49. The standard InChI is InChI=1S/C30H34N4O4S/c1-20-10-7-8-13-22(20)18-32-28(37)26-30(2,3)39-19-34(26)29(38)25(35)24(16-21-11-5-4-6-12-21)33-27(36)23-14-9-15-31-17-23/h4-15,17,24-26,35H,16,18-19H2,1-3H3,(H,32,37)(H,33,36)/t24-,25-,26?/m0/s1. The molecule has 0 saturated carbocycles. The number of rotatable bonds is 9. The van der Waals surface area contributed by atoms with Gasteiger partial charge in [-0.05, 0) is 56.0 Å². The molecule has 0 aliphatic carbocycles. The number of nitrogens with zero attached hydrogens (tertiary/aromatic N) is 2. The van der Waals surface area contributed by atoms with Crippen LogP contribution in [0.2, 0.25) is 0 Å². The molecular formula is C30H34N4O4S. The largest absolute Gasteiger partial charge is 0.381 e. The van der Waals surface area contributed by atoms with Crippen molar-refractivity contribution in [1.82, 2.24) is 20.5 Å². The summed E-state index contributed by atoms with van der Waals surface area (Å²) in [5.74, 6) is -1.08. The fraction of sp³-hybridized carbons (Fsp3) is 0.333. The number of hydrogen-bond donors (Lipinski definition) is 3. The minimum Gasteiger partial charge on any atom is -0.381 e. The summed E-state index contributed by atoms with van der Waals surface area (Å²) in [5.41, 5.74) is 3.23. The lowest BCUT2D eigenvalue weighted by molar-refractivity contribution is -0.147. The van der Waals surface area contributed by atoms with E-state index in [1.54, 1.807) is 18.3 Å². The maximum Gasteiger partial charge on any atom is 0.254 e. The van der Waals surface area contributed by atoms with Gasteiger partial charge in [-0.1, -0.05) is 54.6 Å². The molecule has 3 atom stereocenters. The first-order valence-electron chi connectivity index (χ1n) is 12.9. The second-order valence-electron chi connectivity index (χ2n) is 10.2. The molecule has 1 saturated heterocycles. The summed E-state index contributed by atoms with van der Waals surface area (Å²) in [5, 5.41) is 17.1. The van der Waals surface area contributed by atoms with Gasteiger partial charge in [0.1, 0.15) is 6.04 Å². The van der Waals surface area contributed by atoms with Gasteiger partial charge in [0, 0.05) is 23.7 Å². The molecule has 39 heavy (non-hydrogen) atoms. The molecule has 8 nitrogen and oxygen atoms in total. The van der Waals surface area contributed by atoms with Crippen LogP contribution in [0.5, 0.6) is 0 Å². The molecule has 0 spiro atoms. The summed E-state index contributed by atoms with van der Waals surface area (Å²) < 4.78 is -0.570. The number of carbonyl (C=O) groups excluding carboxylic acids is 3. The first-order valence-corrected chi connectivity index (χ1v) is 13.9. The molecule has 3 amide bonds. The van der Waals surface area contributed by atoms with Gasteiger partial charge in [0.15, 0.2) is 6.10 Å². The zero-order chi connectivity index (χ0) is 28.0. The molecule has 2 heterocycles. The summed E-state index contributed by atoms with van der Waals surface area (Å²) in [6.07, 6.45) is 1.66. The molecule has 2 aromatic carbocycles. The third-order valence-electron chi connectivity index (χ3n) is 6.96. The van der Waals surface area contributed by atoms with Crippen molar-refractivity contribution >= 4 is 29.5 Å². The van der Waals surface area contributed by atoms with Crippen molar-refractivity contribution in [3.63, 3.8) is 0 Å². The number of thioether (sulfide) groups is 1. The Kier molecular flexibility index (Phi) is 9.04. The highest BCUT2D eigenvalue weighted by Crippen LogP contribution is 2.40. The van der Waals surface area contributed by atoms with Gasteiger partial charge in [-0.15, -0.1) is 11.8 Å². The Morgan fingerprint density at radius 1 is 1.08 bits per heavy atom. The van der Waals surface area contributed by atoms with Crippen LogP contribution in [0.15, 0.2) is 79.1 Å². The van der Waals surface area contributed by atoms with E-state index in [-0.39, 0.29) is 18.2 Å². The zero-order valence-corrected chi connectivity index (χ0v) is 23.2. The van der Waals surface area contributed by atoms with Gasteiger partial charge in [-0.25, -0.2) is 0 Å². The van der Waals surface area contributed by atoms with Crippen LogP contribution < -0.4 is 10.6 Å². The van der Waals surface area contributed by atoms with Gasteiger partial charge in [-0.3, -0.25) is 19.4 Å². The molecule has 204 valence electrons. The van der Waals surface area contributed by atoms with Crippen LogP contribution in [-0.2, 0) is 22.6 Å². The second-order valence-corrected chi connectivity index (χ2v) is 11.8. The molecule has 1 fully saturated rings. The lowest BCUT2D eigenvalue weighted by atomic mass is 9.97. The van der Waals surface area contributed by atoms with Crippen LogP contribution in [0.1, 0.15) is 40.9 Å². The van der Waals surface area contributed by atoms with Crippen molar-refractivity contribution in [3.05, 3.63) is 101 Å². The van der Waals surface area contributed by atoms with Gasteiger partial charge >= 0.3 is 0 Å². The number of pyridine rings is 1. The average molecular weight is 547 g/mol. The van der Waals surface area contributed by atoms with Crippen LogP contribution in [-0.4, -0.2) is 61.5 Å². The van der Waals surface area contributed by atoms with Crippen LogP contribution >= 0.6 is 11.8 Å². The van der Waals surface area contributed by atoms with E-state index in [0.717, 1.165) is 16.7 Å². The molecule has 9 heteroatoms. The number of benzene rings is 2. The van der Waals surface area contributed by atoms with Gasteiger partial charge in [-0.2, -0.15) is 0 Å². The van der Waals surface area contributed by atoms with Crippen LogP contribution in [0.4, 0.5) is 0 Å². The van der Waals surface area contributed by atoms with Crippen molar-refractivity contribution in [2.45, 2.75) is 56.7 Å². The highest BCUT2D eigenvalue weighted by molar-refractivity contribution is 8.00. The van der Waals surface area contributed by atoms with Crippen LogP contribution in [0.3, 0.4) is 0 Å². The number of hydrogen-bond acceptors (Lipinski definition) is 6. The van der Waals surface area contributed by atoms with Gasteiger partial charge in [0.05, 0.1) is 17.5 Å². The SMILES string of the molecule is Cc1ccccc1CNC(=O)C1N(C(=O)[C@@H](O)[C@H](Cc2ccccc2)NC(=O)c2cccnc2)CSC1(C)C. The van der Waals surface area contributed by atoms with E-state index in [1.807, 2.05) is 75.4 Å². The first-order chi connectivity index (χ1) is 18.7. The van der Waals surface area contributed by atoms with E-state index < -0.39 is 34.7 Å². The molecule has 1 aliphatic rings. The van der Waals surface area contributed by atoms with Crippen LogP contribution in [0, 0.1) is 6.92 Å². The van der Waals surface area contributed by atoms with E-state index in [0.29, 0.717) is 12.1 Å². The zero-order valence-electron chi connectivity index (χ0n) is 22.3. The molecular weight excluding hydrogens is 512 g/mol. The number of aliphatic hydroxyl groups is 1. The number of aliphatic hydroxyl groups excluding tert-OH is 1. The average Bonchev–Trinajstić information content (AvgIpc) is 3.27. The Balaban J connectivity index is 1.53.